The average Bonchev–Trinajstić information content (AvgIpc) is 3.55. The van der Waals surface area contributed by atoms with Crippen molar-refractivity contribution in [3.05, 3.63) is 101 Å². The van der Waals surface area contributed by atoms with E-state index >= 15 is 0 Å². The largest absolute Gasteiger partial charge is 0.505 e. The lowest BCUT2D eigenvalue weighted by molar-refractivity contribution is -0.122. The fourth-order valence-corrected chi connectivity index (χ4v) is 6.96. The molecule has 3 aromatic carbocycles. The quantitative estimate of drug-likeness (QED) is 0.200. The standard InChI is InChI=1S/C36H37FN2O4/c1-3-22(18-23-10-16-31(40)30(37)19-23)11-17-32-33-24(4-2)20-28-34(29(33)21-43-32)36(42)39(35(28)41)27-14-12-26(13-15-27)38-25-8-6-5-7-9-25/h5-10,12-16,18-19,28-29,32,34,38,40H,3-4,11,17,20-21H2,1-2H3/b22-18+/t28-,29+,32-,34-/m1/s1. The number of ether oxygens (including phenoxy) is 1. The lowest BCUT2D eigenvalue weighted by Gasteiger charge is -2.31. The van der Waals surface area contributed by atoms with Crippen molar-refractivity contribution in [2.24, 2.45) is 17.8 Å². The monoisotopic (exact) mass is 580 g/mol. The molecule has 0 spiro atoms. The lowest BCUT2D eigenvalue weighted by Crippen LogP contribution is -2.34. The number of hydrogen-bond acceptors (Lipinski definition) is 5. The van der Waals surface area contributed by atoms with Crippen LogP contribution in [0.15, 0.2) is 89.5 Å². The Kier molecular flexibility index (Phi) is 8.17. The van der Waals surface area contributed by atoms with Crippen LogP contribution in [0.25, 0.3) is 6.08 Å². The molecule has 3 aliphatic rings. The molecule has 2 fully saturated rings. The highest BCUT2D eigenvalue weighted by atomic mass is 19.1. The van der Waals surface area contributed by atoms with E-state index in [1.165, 1.54) is 28.2 Å². The molecule has 2 aliphatic heterocycles. The topological polar surface area (TPSA) is 78.9 Å². The molecule has 0 bridgehead atoms. The Hall–Kier alpha value is -4.23. The Morgan fingerprint density at radius 2 is 1.74 bits per heavy atom. The van der Waals surface area contributed by atoms with Gasteiger partial charge in [-0.25, -0.2) is 4.39 Å². The third-order valence-corrected chi connectivity index (χ3v) is 9.15. The zero-order valence-corrected chi connectivity index (χ0v) is 24.6. The summed E-state index contributed by atoms with van der Waals surface area (Å²) in [4.78, 5) is 29.0. The highest BCUT2D eigenvalue weighted by molar-refractivity contribution is 6.22. The van der Waals surface area contributed by atoms with E-state index in [0.717, 1.165) is 42.6 Å². The molecule has 0 aromatic heterocycles. The van der Waals surface area contributed by atoms with E-state index in [1.807, 2.05) is 60.7 Å². The zero-order valence-electron chi connectivity index (χ0n) is 24.6. The van der Waals surface area contributed by atoms with Crippen LogP contribution < -0.4 is 10.2 Å². The molecule has 2 amide bonds. The zero-order chi connectivity index (χ0) is 30.1. The summed E-state index contributed by atoms with van der Waals surface area (Å²) in [7, 11) is 0. The second-order valence-corrected chi connectivity index (χ2v) is 11.6. The Balaban J connectivity index is 1.18. The number of amides is 2. The Bertz CT molecular complexity index is 1580. The first-order valence-corrected chi connectivity index (χ1v) is 15.2. The SMILES string of the molecule is CCC1=C2[C@@H](CC/C(=C/c3ccc(O)c(F)c3)CC)OC[C@@H]2[C@@H]2C(=O)N(c3ccc(Nc4ccccc4)cc3)C(=O)[C@@H]2C1. The maximum Gasteiger partial charge on any atom is 0.238 e. The third kappa shape index (κ3) is 5.62. The van der Waals surface area contributed by atoms with E-state index in [0.29, 0.717) is 24.3 Å². The second kappa shape index (κ2) is 12.2. The number of hydrogen-bond donors (Lipinski definition) is 2. The molecule has 222 valence electrons. The van der Waals surface area contributed by atoms with Crippen molar-refractivity contribution in [1.29, 1.82) is 0 Å². The highest BCUT2D eigenvalue weighted by Crippen LogP contribution is 2.51. The number of aromatic hydroxyl groups is 1. The molecule has 43 heavy (non-hydrogen) atoms. The molecule has 2 heterocycles. The van der Waals surface area contributed by atoms with Gasteiger partial charge in [-0.15, -0.1) is 0 Å². The number of anilines is 3. The summed E-state index contributed by atoms with van der Waals surface area (Å²) in [5.74, 6) is -2.12. The van der Waals surface area contributed by atoms with Gasteiger partial charge in [0, 0.05) is 17.3 Å². The predicted molar refractivity (Wildman–Crippen MR) is 166 cm³/mol. The maximum absolute atomic E-state index is 13.9. The van der Waals surface area contributed by atoms with Crippen molar-refractivity contribution in [2.75, 3.05) is 16.8 Å². The summed E-state index contributed by atoms with van der Waals surface area (Å²) in [6, 6.07) is 21.7. The van der Waals surface area contributed by atoms with E-state index < -0.39 is 11.7 Å². The van der Waals surface area contributed by atoms with Crippen molar-refractivity contribution in [2.45, 2.75) is 52.1 Å². The molecular weight excluding hydrogens is 543 g/mol. The van der Waals surface area contributed by atoms with Crippen LogP contribution >= 0.6 is 0 Å². The van der Waals surface area contributed by atoms with E-state index in [1.54, 1.807) is 6.07 Å². The minimum Gasteiger partial charge on any atom is -0.505 e. The second-order valence-electron chi connectivity index (χ2n) is 11.6. The molecule has 0 saturated carbocycles. The summed E-state index contributed by atoms with van der Waals surface area (Å²) in [5.41, 5.74) is 6.76. The molecule has 4 atom stereocenters. The number of fused-ring (bicyclic) bond motifs is 3. The van der Waals surface area contributed by atoms with Gasteiger partial charge < -0.3 is 15.2 Å². The van der Waals surface area contributed by atoms with Gasteiger partial charge >= 0.3 is 0 Å². The van der Waals surface area contributed by atoms with Gasteiger partial charge in [0.05, 0.1) is 30.2 Å². The number of carbonyl (C=O) groups is 2. The van der Waals surface area contributed by atoms with Crippen LogP contribution in [0.4, 0.5) is 21.5 Å². The molecule has 2 N–H and O–H groups in total. The van der Waals surface area contributed by atoms with Gasteiger partial charge in [-0.1, -0.05) is 55.3 Å². The minimum absolute atomic E-state index is 0.0978. The van der Waals surface area contributed by atoms with Crippen LogP contribution in [-0.2, 0) is 14.3 Å². The molecule has 1 aliphatic carbocycles. The number of nitrogens with one attached hydrogen (secondary N) is 1. The van der Waals surface area contributed by atoms with Crippen molar-refractivity contribution in [3.63, 3.8) is 0 Å². The third-order valence-electron chi connectivity index (χ3n) is 9.15. The van der Waals surface area contributed by atoms with Gasteiger partial charge in [-0.3, -0.25) is 14.5 Å². The molecule has 6 nitrogen and oxygen atoms in total. The van der Waals surface area contributed by atoms with Gasteiger partial charge in [-0.05, 0) is 91.8 Å². The Labute approximate surface area is 251 Å². The summed E-state index contributed by atoms with van der Waals surface area (Å²) < 4.78 is 20.2. The predicted octanol–water partition coefficient (Wildman–Crippen LogP) is 7.78. The van der Waals surface area contributed by atoms with E-state index in [-0.39, 0.29) is 35.5 Å². The minimum atomic E-state index is -0.634. The average molecular weight is 581 g/mol. The fourth-order valence-electron chi connectivity index (χ4n) is 6.96. The summed E-state index contributed by atoms with van der Waals surface area (Å²) in [5, 5.41) is 12.9. The van der Waals surface area contributed by atoms with Crippen LogP contribution in [0.2, 0.25) is 0 Å². The number of rotatable bonds is 9. The van der Waals surface area contributed by atoms with E-state index in [2.05, 4.69) is 19.2 Å². The highest BCUT2D eigenvalue weighted by Gasteiger charge is 2.57. The van der Waals surface area contributed by atoms with Crippen LogP contribution in [0.5, 0.6) is 5.75 Å². The van der Waals surface area contributed by atoms with E-state index in [9.17, 15) is 19.1 Å². The van der Waals surface area contributed by atoms with Crippen LogP contribution in [0, 0.1) is 23.6 Å². The van der Waals surface area contributed by atoms with Crippen molar-refractivity contribution in [3.8, 4) is 5.75 Å². The lowest BCUT2D eigenvalue weighted by atomic mass is 9.69. The number of allylic oxidation sites excluding steroid dienone is 2. The molecule has 0 unspecified atom stereocenters. The number of para-hydroxylation sites is 1. The molecule has 3 aromatic rings. The first kappa shape index (κ1) is 28.9. The molecule has 0 radical (unpaired) electrons. The van der Waals surface area contributed by atoms with Gasteiger partial charge in [-0.2, -0.15) is 0 Å². The fraction of sp³-hybridized carbons (Fsp3) is 0.333. The Morgan fingerprint density at radius 3 is 2.44 bits per heavy atom. The summed E-state index contributed by atoms with van der Waals surface area (Å²) in [6.07, 6.45) is 5.61. The molecule has 6 rings (SSSR count). The van der Waals surface area contributed by atoms with Crippen LogP contribution in [-0.4, -0.2) is 29.6 Å². The number of phenolic OH excluding ortho intramolecular Hbond substituents is 1. The van der Waals surface area contributed by atoms with Crippen LogP contribution in [0.1, 0.15) is 51.5 Å². The summed E-state index contributed by atoms with van der Waals surface area (Å²) in [6.45, 7) is 4.62. The number of benzene rings is 3. The maximum atomic E-state index is 13.9. The van der Waals surface area contributed by atoms with Crippen molar-refractivity contribution in [1.82, 2.24) is 0 Å². The van der Waals surface area contributed by atoms with E-state index in [4.69, 9.17) is 4.74 Å². The normalized spacial score (nSPS) is 23.5. The molecular formula is C36H37FN2O4. The Morgan fingerprint density at radius 1 is 1.00 bits per heavy atom. The first-order chi connectivity index (χ1) is 20.9. The number of nitrogens with zero attached hydrogens (tertiary/aromatic N) is 1. The molecule has 7 heteroatoms. The smallest absolute Gasteiger partial charge is 0.238 e. The van der Waals surface area contributed by atoms with Crippen molar-refractivity contribution >= 4 is 35.0 Å². The van der Waals surface area contributed by atoms with Crippen LogP contribution in [0.3, 0.4) is 0 Å². The number of halogens is 1. The molecule has 2 saturated heterocycles. The summed E-state index contributed by atoms with van der Waals surface area (Å²) >= 11 is 0. The van der Waals surface area contributed by atoms with Gasteiger partial charge in [0.1, 0.15) is 0 Å². The van der Waals surface area contributed by atoms with Gasteiger partial charge in [0.2, 0.25) is 11.8 Å². The van der Waals surface area contributed by atoms with Crippen molar-refractivity contribution < 1.29 is 23.8 Å². The number of carbonyl (C=O) groups excluding carboxylic acids is 2. The first-order valence-electron chi connectivity index (χ1n) is 15.2. The number of imide groups is 1. The number of phenols is 1. The van der Waals surface area contributed by atoms with Gasteiger partial charge in [0.15, 0.2) is 11.6 Å². The van der Waals surface area contributed by atoms with Gasteiger partial charge in [0.25, 0.3) is 0 Å².